The quantitative estimate of drug-likeness (QED) is 0.744. The van der Waals surface area contributed by atoms with Crippen LogP contribution < -0.4 is 5.32 Å². The molecule has 0 saturated carbocycles. The summed E-state index contributed by atoms with van der Waals surface area (Å²) in [4.78, 5) is 4.68. The van der Waals surface area contributed by atoms with Gasteiger partial charge < -0.3 is 5.32 Å². The van der Waals surface area contributed by atoms with E-state index in [9.17, 15) is 0 Å². The van der Waals surface area contributed by atoms with Crippen molar-refractivity contribution in [2.75, 3.05) is 11.9 Å². The predicted molar refractivity (Wildman–Crippen MR) is 89.0 cm³/mol. The van der Waals surface area contributed by atoms with Crippen molar-refractivity contribution in [2.45, 2.75) is 19.8 Å². The molecule has 0 spiro atoms. The number of nitrogens with zero attached hydrogens (tertiary/aromatic N) is 3. The van der Waals surface area contributed by atoms with Gasteiger partial charge in [-0.1, -0.05) is 48.6 Å². The van der Waals surface area contributed by atoms with Crippen LogP contribution in [0.15, 0.2) is 35.7 Å². The van der Waals surface area contributed by atoms with Crippen LogP contribution in [0.3, 0.4) is 0 Å². The van der Waals surface area contributed by atoms with Crippen molar-refractivity contribution in [3.8, 4) is 11.3 Å². The van der Waals surface area contributed by atoms with Crippen molar-refractivity contribution in [3.63, 3.8) is 0 Å². The Hall–Kier alpha value is -1.79. The summed E-state index contributed by atoms with van der Waals surface area (Å²) in [6.45, 7) is 3.07. The Bertz CT molecular complexity index is 691. The van der Waals surface area contributed by atoms with Gasteiger partial charge in [0, 0.05) is 17.5 Å². The zero-order valence-electron chi connectivity index (χ0n) is 11.7. The molecule has 108 valence electrons. The molecule has 21 heavy (non-hydrogen) atoms. The zero-order valence-corrected chi connectivity index (χ0v) is 13.4. The first kappa shape index (κ1) is 14.2. The zero-order chi connectivity index (χ0) is 14.5. The van der Waals surface area contributed by atoms with E-state index in [0.29, 0.717) is 0 Å². The first-order valence-electron chi connectivity index (χ1n) is 6.91. The summed E-state index contributed by atoms with van der Waals surface area (Å²) in [5, 5.41) is 16.7. The lowest BCUT2D eigenvalue weighted by molar-refractivity contribution is 0.950. The fraction of sp³-hybridized carbons (Fsp3) is 0.267. The van der Waals surface area contributed by atoms with E-state index < -0.39 is 0 Å². The van der Waals surface area contributed by atoms with Crippen molar-refractivity contribution in [2.24, 2.45) is 0 Å². The summed E-state index contributed by atoms with van der Waals surface area (Å²) >= 11 is 3.28. The maximum absolute atomic E-state index is 4.68. The first-order chi connectivity index (χ1) is 10.3. The molecule has 3 aromatic rings. The number of nitrogens with one attached hydrogen (secondary N) is 1. The van der Waals surface area contributed by atoms with Gasteiger partial charge in [-0.2, -0.15) is 0 Å². The standard InChI is InChI=1S/C15H16N4S2/c1-2-8-16-15-19-18-14(21-15)9-13-17-12(10-20-13)11-6-4-3-5-7-11/h3-7,10H,2,8-9H2,1H3,(H,16,19). The van der Waals surface area contributed by atoms with E-state index in [1.807, 2.05) is 18.2 Å². The first-order valence-corrected chi connectivity index (χ1v) is 8.61. The second-order valence-electron chi connectivity index (χ2n) is 4.60. The largest absolute Gasteiger partial charge is 0.360 e. The van der Waals surface area contributed by atoms with E-state index in [0.717, 1.165) is 45.8 Å². The van der Waals surface area contributed by atoms with Gasteiger partial charge in [0.15, 0.2) is 0 Å². The molecule has 2 aromatic heterocycles. The van der Waals surface area contributed by atoms with Crippen LogP contribution in [0.25, 0.3) is 11.3 Å². The van der Waals surface area contributed by atoms with Crippen LogP contribution in [-0.2, 0) is 6.42 Å². The van der Waals surface area contributed by atoms with Crippen molar-refractivity contribution in [3.05, 3.63) is 45.7 Å². The monoisotopic (exact) mass is 316 g/mol. The van der Waals surface area contributed by atoms with Gasteiger partial charge in [-0.05, 0) is 6.42 Å². The number of thiazole rings is 1. The molecule has 0 saturated heterocycles. The van der Waals surface area contributed by atoms with Crippen LogP contribution in [0.1, 0.15) is 23.4 Å². The number of aromatic nitrogens is 3. The summed E-state index contributed by atoms with van der Waals surface area (Å²) in [6, 6.07) is 10.2. The topological polar surface area (TPSA) is 50.7 Å². The van der Waals surface area contributed by atoms with Crippen molar-refractivity contribution in [1.82, 2.24) is 15.2 Å². The Morgan fingerprint density at radius 2 is 1.95 bits per heavy atom. The molecule has 0 aliphatic rings. The van der Waals surface area contributed by atoms with E-state index in [1.54, 1.807) is 22.7 Å². The van der Waals surface area contributed by atoms with Crippen LogP contribution in [-0.4, -0.2) is 21.7 Å². The molecule has 0 atom stereocenters. The van der Waals surface area contributed by atoms with E-state index >= 15 is 0 Å². The van der Waals surface area contributed by atoms with E-state index in [1.165, 1.54) is 0 Å². The molecule has 6 heteroatoms. The van der Waals surface area contributed by atoms with Gasteiger partial charge in [-0.15, -0.1) is 21.5 Å². The normalized spacial score (nSPS) is 10.7. The van der Waals surface area contributed by atoms with Crippen molar-refractivity contribution >= 4 is 27.8 Å². The van der Waals surface area contributed by atoms with Crippen LogP contribution in [0, 0.1) is 0 Å². The molecule has 0 aliphatic heterocycles. The van der Waals surface area contributed by atoms with Gasteiger partial charge in [-0.25, -0.2) is 4.98 Å². The minimum atomic E-state index is 0.753. The number of benzene rings is 1. The van der Waals surface area contributed by atoms with Crippen LogP contribution >= 0.6 is 22.7 Å². The summed E-state index contributed by atoms with van der Waals surface area (Å²) in [5.41, 5.74) is 2.19. The average molecular weight is 316 g/mol. The predicted octanol–water partition coefficient (Wildman–Crippen LogP) is 4.07. The van der Waals surface area contributed by atoms with E-state index in [4.69, 9.17) is 0 Å². The fourth-order valence-corrected chi connectivity index (χ4v) is 3.56. The molecule has 2 heterocycles. The molecule has 4 nitrogen and oxygen atoms in total. The number of hydrogen-bond donors (Lipinski definition) is 1. The Morgan fingerprint density at radius 1 is 1.10 bits per heavy atom. The van der Waals surface area contributed by atoms with Crippen LogP contribution in [0.5, 0.6) is 0 Å². The molecule has 0 unspecified atom stereocenters. The third kappa shape index (κ3) is 3.65. The molecule has 1 aromatic carbocycles. The Labute approximate surface area is 131 Å². The third-order valence-corrected chi connectivity index (χ3v) is 4.65. The molecular weight excluding hydrogens is 300 g/mol. The molecular formula is C15H16N4S2. The highest BCUT2D eigenvalue weighted by molar-refractivity contribution is 7.15. The highest BCUT2D eigenvalue weighted by atomic mass is 32.1. The minimum absolute atomic E-state index is 0.753. The van der Waals surface area contributed by atoms with E-state index in [2.05, 4.69) is 44.9 Å². The maximum atomic E-state index is 4.68. The minimum Gasteiger partial charge on any atom is -0.360 e. The second kappa shape index (κ2) is 6.78. The summed E-state index contributed by atoms with van der Waals surface area (Å²) in [5.74, 6) is 0. The van der Waals surface area contributed by atoms with Crippen LogP contribution in [0.4, 0.5) is 5.13 Å². The third-order valence-electron chi connectivity index (χ3n) is 2.92. The lowest BCUT2D eigenvalue weighted by Crippen LogP contribution is -1.98. The Morgan fingerprint density at radius 3 is 2.76 bits per heavy atom. The summed E-state index contributed by atoms with van der Waals surface area (Å²) in [6.07, 6.45) is 1.84. The SMILES string of the molecule is CCCNc1nnc(Cc2nc(-c3ccccc3)cs2)s1. The van der Waals surface area contributed by atoms with Gasteiger partial charge in [0.1, 0.15) is 10.0 Å². The van der Waals surface area contributed by atoms with Gasteiger partial charge in [0.2, 0.25) is 5.13 Å². The summed E-state index contributed by atoms with van der Waals surface area (Å²) < 4.78 is 0. The summed E-state index contributed by atoms with van der Waals surface area (Å²) in [7, 11) is 0. The molecule has 0 amide bonds. The molecule has 0 aliphatic carbocycles. The molecule has 1 N–H and O–H groups in total. The van der Waals surface area contributed by atoms with Gasteiger partial charge in [-0.3, -0.25) is 0 Å². The maximum Gasteiger partial charge on any atom is 0.205 e. The molecule has 0 bridgehead atoms. The lowest BCUT2D eigenvalue weighted by atomic mass is 10.2. The molecule has 0 radical (unpaired) electrons. The van der Waals surface area contributed by atoms with Crippen molar-refractivity contribution < 1.29 is 0 Å². The number of hydrogen-bond acceptors (Lipinski definition) is 6. The highest BCUT2D eigenvalue weighted by Crippen LogP contribution is 2.25. The average Bonchev–Trinajstić information content (AvgIpc) is 3.16. The molecule has 0 fully saturated rings. The molecule has 3 rings (SSSR count). The highest BCUT2D eigenvalue weighted by Gasteiger charge is 2.09. The van der Waals surface area contributed by atoms with Gasteiger partial charge in [0.25, 0.3) is 0 Å². The second-order valence-corrected chi connectivity index (χ2v) is 6.60. The van der Waals surface area contributed by atoms with Crippen LogP contribution in [0.2, 0.25) is 0 Å². The lowest BCUT2D eigenvalue weighted by Gasteiger charge is -1.95. The van der Waals surface area contributed by atoms with Crippen molar-refractivity contribution in [1.29, 1.82) is 0 Å². The Kier molecular flexibility index (Phi) is 4.57. The number of rotatable bonds is 6. The van der Waals surface area contributed by atoms with Gasteiger partial charge >= 0.3 is 0 Å². The Balaban J connectivity index is 1.68. The van der Waals surface area contributed by atoms with E-state index in [-0.39, 0.29) is 0 Å². The van der Waals surface area contributed by atoms with Gasteiger partial charge in [0.05, 0.1) is 12.1 Å². The fourth-order valence-electron chi connectivity index (χ4n) is 1.89. The number of anilines is 1. The smallest absolute Gasteiger partial charge is 0.205 e.